The summed E-state index contributed by atoms with van der Waals surface area (Å²) in [7, 11) is 0. The van der Waals surface area contributed by atoms with Crippen LogP contribution in [0.15, 0.2) is 229 Å². The average molecular weight is 884 g/mol. The quantitative estimate of drug-likeness (QED) is 0.156. The molecule has 11 aromatic carbocycles. The van der Waals surface area contributed by atoms with Crippen LogP contribution >= 0.6 is 11.3 Å². The van der Waals surface area contributed by atoms with Gasteiger partial charge in [0.05, 0.1) is 0 Å². The maximum atomic E-state index is 7.02. The highest BCUT2D eigenvalue weighted by molar-refractivity contribution is 7.25. The van der Waals surface area contributed by atoms with E-state index in [4.69, 9.17) is 19.4 Å². The van der Waals surface area contributed by atoms with Crippen molar-refractivity contribution in [2.45, 2.75) is 0 Å². The molecule has 4 nitrogen and oxygen atoms in total. The fourth-order valence-electron chi connectivity index (χ4n) is 10.2. The lowest BCUT2D eigenvalue weighted by Gasteiger charge is -2.13. The highest BCUT2D eigenvalue weighted by Crippen LogP contribution is 2.46. The summed E-state index contributed by atoms with van der Waals surface area (Å²) in [5, 5.41) is 11.8. The van der Waals surface area contributed by atoms with Gasteiger partial charge in [-0.25, -0.2) is 15.0 Å². The van der Waals surface area contributed by atoms with Gasteiger partial charge in [0.1, 0.15) is 11.2 Å². The van der Waals surface area contributed by atoms with Crippen LogP contribution in [0.3, 0.4) is 0 Å². The van der Waals surface area contributed by atoms with Crippen LogP contribution in [0.1, 0.15) is 0 Å². The number of thiophene rings is 1. The Morgan fingerprint density at radius 1 is 0.294 bits per heavy atom. The minimum absolute atomic E-state index is 0.614. The van der Waals surface area contributed by atoms with Crippen LogP contribution < -0.4 is 0 Å². The highest BCUT2D eigenvalue weighted by atomic mass is 32.1. The highest BCUT2D eigenvalue weighted by Gasteiger charge is 2.21. The van der Waals surface area contributed by atoms with Crippen LogP contribution in [-0.4, -0.2) is 15.0 Å². The number of rotatable bonds is 6. The summed E-state index contributed by atoms with van der Waals surface area (Å²) in [6, 6.07) is 79.9. The second-order valence-corrected chi connectivity index (χ2v) is 18.6. The van der Waals surface area contributed by atoms with E-state index in [0.717, 1.165) is 71.8 Å². The predicted octanol–water partition coefficient (Wildman–Crippen LogP) is 17.6. The lowest BCUT2D eigenvalue weighted by Crippen LogP contribution is -2.00. The fourth-order valence-corrected chi connectivity index (χ4v) is 11.3. The summed E-state index contributed by atoms with van der Waals surface area (Å²) in [5.41, 5.74) is 11.2. The number of furan rings is 1. The van der Waals surface area contributed by atoms with Crippen LogP contribution in [0.5, 0.6) is 0 Å². The van der Waals surface area contributed by atoms with Crippen molar-refractivity contribution in [3.05, 3.63) is 224 Å². The van der Waals surface area contributed by atoms with Gasteiger partial charge in [0.15, 0.2) is 17.5 Å². The molecule has 0 aliphatic heterocycles. The summed E-state index contributed by atoms with van der Waals surface area (Å²) >= 11 is 1.81. The lowest BCUT2D eigenvalue weighted by molar-refractivity contribution is 0.670. The van der Waals surface area contributed by atoms with Crippen molar-refractivity contribution < 1.29 is 4.42 Å². The zero-order chi connectivity index (χ0) is 44.7. The SMILES string of the molecule is c1ccc(-c2ccc(-c3nc(-c4ccc(-c5ccc(-c6cc7ccccc7c7ccccc67)c6oc7cc8ccccc8cc7c56)cc4)nc(-c4ccc5sc6ccccc6c5c4)n3)cc2)cc1. The van der Waals surface area contributed by atoms with Crippen molar-refractivity contribution in [1.82, 2.24) is 15.0 Å². The summed E-state index contributed by atoms with van der Waals surface area (Å²) in [6.07, 6.45) is 0. The van der Waals surface area contributed by atoms with Crippen molar-refractivity contribution in [3.8, 4) is 67.5 Å². The maximum Gasteiger partial charge on any atom is 0.164 e. The number of aromatic nitrogens is 3. The Morgan fingerprint density at radius 2 is 0.824 bits per heavy atom. The fraction of sp³-hybridized carbons (Fsp3) is 0. The Morgan fingerprint density at radius 3 is 1.57 bits per heavy atom. The first-order valence-corrected chi connectivity index (χ1v) is 23.7. The van der Waals surface area contributed by atoms with E-state index in [1.807, 2.05) is 17.4 Å². The van der Waals surface area contributed by atoms with Gasteiger partial charge in [-0.1, -0.05) is 176 Å². The molecule has 5 heteroatoms. The second-order valence-electron chi connectivity index (χ2n) is 17.5. The Balaban J connectivity index is 0.927. The molecule has 3 heterocycles. The molecular weight excluding hydrogens is 847 g/mol. The van der Waals surface area contributed by atoms with E-state index < -0.39 is 0 Å². The molecule has 0 amide bonds. The van der Waals surface area contributed by atoms with Gasteiger partial charge in [-0.05, 0) is 109 Å². The average Bonchev–Trinajstić information content (AvgIpc) is 3.98. The number of hydrogen-bond donors (Lipinski definition) is 0. The predicted molar refractivity (Wildman–Crippen MR) is 285 cm³/mol. The van der Waals surface area contributed by atoms with Crippen molar-refractivity contribution in [3.63, 3.8) is 0 Å². The van der Waals surface area contributed by atoms with Gasteiger partial charge in [-0.2, -0.15) is 0 Å². The van der Waals surface area contributed by atoms with Crippen molar-refractivity contribution in [2.75, 3.05) is 0 Å². The summed E-state index contributed by atoms with van der Waals surface area (Å²) in [6.45, 7) is 0. The van der Waals surface area contributed by atoms with Gasteiger partial charge in [0.2, 0.25) is 0 Å². The number of benzene rings is 11. The summed E-state index contributed by atoms with van der Waals surface area (Å²) < 4.78 is 9.53. The Labute approximate surface area is 395 Å². The molecule has 14 aromatic rings. The zero-order valence-corrected chi connectivity index (χ0v) is 37.3. The van der Waals surface area contributed by atoms with Gasteiger partial charge >= 0.3 is 0 Å². The Bertz CT molecular complexity index is 4300. The number of fused-ring (bicyclic) bond motifs is 10. The molecule has 0 saturated heterocycles. The molecule has 0 atom stereocenters. The molecule has 14 rings (SSSR count). The Kier molecular flexibility index (Phi) is 8.73. The third kappa shape index (κ3) is 6.32. The molecule has 0 aliphatic rings. The summed E-state index contributed by atoms with van der Waals surface area (Å²) in [4.78, 5) is 15.5. The molecular formula is C63H37N3OS. The van der Waals surface area contributed by atoms with Crippen molar-refractivity contribution in [1.29, 1.82) is 0 Å². The van der Waals surface area contributed by atoms with Gasteiger partial charge in [-0.15, -0.1) is 11.3 Å². The Hall–Kier alpha value is -8.77. The molecule has 0 saturated carbocycles. The first-order valence-electron chi connectivity index (χ1n) is 22.9. The number of hydrogen-bond acceptors (Lipinski definition) is 5. The van der Waals surface area contributed by atoms with Crippen LogP contribution in [0.4, 0.5) is 0 Å². The standard InChI is InChI=1S/C63H37N3OS/c1-2-12-38(13-3-1)39-22-26-41(27-23-39)61-64-62(66-63(65-61)46-30-33-58-54(36-46)51-20-10-11-21-57(51)68-58)42-28-24-40(25-29-42)48-31-32-52(53-35-45-16-6-7-17-47(45)49-18-8-9-19-50(49)53)60-59(48)55-34-43-14-4-5-15-44(43)37-56(55)67-60/h1-37H. The van der Waals surface area contributed by atoms with Crippen LogP contribution in [0.2, 0.25) is 0 Å². The third-order valence-corrected chi connectivity index (χ3v) is 14.7. The normalized spacial score (nSPS) is 11.8. The van der Waals surface area contributed by atoms with E-state index >= 15 is 0 Å². The van der Waals surface area contributed by atoms with E-state index in [1.165, 1.54) is 52.7 Å². The van der Waals surface area contributed by atoms with Crippen LogP contribution in [0.25, 0.3) is 142 Å². The minimum atomic E-state index is 0.614. The third-order valence-electron chi connectivity index (χ3n) is 13.5. The largest absolute Gasteiger partial charge is 0.455 e. The first kappa shape index (κ1) is 38.5. The van der Waals surface area contributed by atoms with E-state index in [-0.39, 0.29) is 0 Å². The minimum Gasteiger partial charge on any atom is -0.455 e. The summed E-state index contributed by atoms with van der Waals surface area (Å²) in [5.74, 6) is 1.87. The monoisotopic (exact) mass is 883 g/mol. The second kappa shape index (κ2) is 15.4. The zero-order valence-electron chi connectivity index (χ0n) is 36.5. The lowest BCUT2D eigenvalue weighted by atomic mass is 9.90. The topological polar surface area (TPSA) is 51.8 Å². The molecule has 316 valence electrons. The van der Waals surface area contributed by atoms with E-state index in [0.29, 0.717) is 17.5 Å². The van der Waals surface area contributed by atoms with E-state index in [1.54, 1.807) is 0 Å². The molecule has 0 radical (unpaired) electrons. The smallest absolute Gasteiger partial charge is 0.164 e. The van der Waals surface area contributed by atoms with E-state index in [2.05, 4.69) is 218 Å². The molecule has 0 aliphatic carbocycles. The van der Waals surface area contributed by atoms with Gasteiger partial charge < -0.3 is 4.42 Å². The van der Waals surface area contributed by atoms with Gasteiger partial charge in [0.25, 0.3) is 0 Å². The molecule has 0 bridgehead atoms. The molecule has 3 aromatic heterocycles. The van der Waals surface area contributed by atoms with Gasteiger partial charge in [-0.3, -0.25) is 0 Å². The van der Waals surface area contributed by atoms with E-state index in [9.17, 15) is 0 Å². The molecule has 0 fully saturated rings. The van der Waals surface area contributed by atoms with Crippen molar-refractivity contribution in [2.24, 2.45) is 0 Å². The van der Waals surface area contributed by atoms with Crippen molar-refractivity contribution >= 4 is 85.8 Å². The molecule has 0 unspecified atom stereocenters. The first-order chi connectivity index (χ1) is 33.7. The molecule has 0 spiro atoms. The molecule has 0 N–H and O–H groups in total. The van der Waals surface area contributed by atoms with Gasteiger partial charge in [0, 0.05) is 53.2 Å². The van der Waals surface area contributed by atoms with Crippen LogP contribution in [-0.2, 0) is 0 Å². The molecule has 68 heavy (non-hydrogen) atoms. The number of nitrogens with zero attached hydrogens (tertiary/aromatic N) is 3. The maximum absolute atomic E-state index is 7.02. The van der Waals surface area contributed by atoms with Crippen LogP contribution in [0, 0.1) is 0 Å².